The van der Waals surface area contributed by atoms with Crippen molar-refractivity contribution in [2.75, 3.05) is 13.2 Å². The normalized spacial score (nSPS) is 9.64. The van der Waals surface area contributed by atoms with Gasteiger partial charge >= 0.3 is 0 Å². The van der Waals surface area contributed by atoms with Crippen molar-refractivity contribution in [3.8, 4) is 5.88 Å². The first-order chi connectivity index (χ1) is 5.33. The van der Waals surface area contributed by atoms with E-state index in [2.05, 4.69) is 4.98 Å². The molecule has 3 heteroatoms. The summed E-state index contributed by atoms with van der Waals surface area (Å²) in [6, 6.07) is 5.66. The molecule has 0 atom stereocenters. The van der Waals surface area contributed by atoms with E-state index in [1.165, 1.54) is 0 Å². The Bertz CT molecular complexity index is 225. The zero-order chi connectivity index (χ0) is 8.10. The van der Waals surface area contributed by atoms with Gasteiger partial charge in [0.1, 0.15) is 6.61 Å². The molecule has 0 aliphatic rings. The molecule has 2 N–H and O–H groups in total. The summed E-state index contributed by atoms with van der Waals surface area (Å²) in [6.45, 7) is 2.97. The first-order valence-electron chi connectivity index (χ1n) is 3.59. The average Bonchev–Trinajstić information content (AvgIpc) is 2.01. The molecule has 0 unspecified atom stereocenters. The lowest BCUT2D eigenvalue weighted by Crippen LogP contribution is -2.11. The number of aromatic nitrogens is 1. The minimum atomic E-state index is 0.523. The van der Waals surface area contributed by atoms with E-state index in [4.69, 9.17) is 10.5 Å². The Hall–Kier alpha value is -1.09. The van der Waals surface area contributed by atoms with Crippen LogP contribution in [0, 0.1) is 6.92 Å². The second kappa shape index (κ2) is 3.93. The van der Waals surface area contributed by atoms with Crippen LogP contribution in [0.2, 0.25) is 0 Å². The lowest BCUT2D eigenvalue weighted by molar-refractivity contribution is 0.315. The third kappa shape index (κ3) is 2.55. The van der Waals surface area contributed by atoms with Gasteiger partial charge in [0, 0.05) is 18.3 Å². The second-order valence-corrected chi connectivity index (χ2v) is 2.25. The SMILES string of the molecule is Cc1cccc(OCCN)n1. The number of rotatable bonds is 3. The molecule has 0 aliphatic heterocycles. The maximum atomic E-state index is 5.26. The van der Waals surface area contributed by atoms with Crippen molar-refractivity contribution in [1.82, 2.24) is 4.98 Å². The molecule has 1 aromatic rings. The highest BCUT2D eigenvalue weighted by Crippen LogP contribution is 2.05. The van der Waals surface area contributed by atoms with E-state index in [1.807, 2.05) is 25.1 Å². The minimum Gasteiger partial charge on any atom is -0.476 e. The van der Waals surface area contributed by atoms with Crippen LogP contribution in [0.4, 0.5) is 0 Å². The lowest BCUT2D eigenvalue weighted by Gasteiger charge is -2.02. The van der Waals surface area contributed by atoms with Crippen molar-refractivity contribution in [3.05, 3.63) is 23.9 Å². The lowest BCUT2D eigenvalue weighted by atomic mass is 10.4. The standard InChI is InChI=1S/C8H12N2O/c1-7-3-2-4-8(10-7)11-6-5-9/h2-4H,5-6,9H2,1H3. The molecule has 60 valence electrons. The summed E-state index contributed by atoms with van der Waals surface area (Å²) in [5.74, 6) is 0.649. The van der Waals surface area contributed by atoms with Gasteiger partial charge in [0.25, 0.3) is 0 Å². The average molecular weight is 152 g/mol. The molecule has 0 radical (unpaired) electrons. The summed E-state index contributed by atoms with van der Waals surface area (Å²) in [4.78, 5) is 4.13. The molecule has 0 amide bonds. The van der Waals surface area contributed by atoms with Gasteiger partial charge in [0.2, 0.25) is 5.88 Å². The number of ether oxygens (including phenoxy) is 1. The summed E-state index contributed by atoms with van der Waals surface area (Å²) in [6.07, 6.45) is 0. The molecule has 0 spiro atoms. The van der Waals surface area contributed by atoms with Crippen LogP contribution in [0.25, 0.3) is 0 Å². The van der Waals surface area contributed by atoms with Gasteiger partial charge in [0.15, 0.2) is 0 Å². The van der Waals surface area contributed by atoms with E-state index in [1.54, 1.807) is 0 Å². The Balaban J connectivity index is 2.56. The third-order valence-electron chi connectivity index (χ3n) is 1.23. The van der Waals surface area contributed by atoms with Crippen molar-refractivity contribution in [2.45, 2.75) is 6.92 Å². The van der Waals surface area contributed by atoms with Crippen LogP contribution in [-0.2, 0) is 0 Å². The largest absolute Gasteiger partial charge is 0.476 e. The second-order valence-electron chi connectivity index (χ2n) is 2.25. The summed E-state index contributed by atoms with van der Waals surface area (Å²) >= 11 is 0. The molecule has 0 saturated heterocycles. The highest BCUT2D eigenvalue weighted by Gasteiger charge is 1.92. The first-order valence-corrected chi connectivity index (χ1v) is 3.59. The van der Waals surface area contributed by atoms with Crippen LogP contribution >= 0.6 is 0 Å². The van der Waals surface area contributed by atoms with E-state index in [0.717, 1.165) is 5.69 Å². The van der Waals surface area contributed by atoms with E-state index in [0.29, 0.717) is 19.0 Å². The maximum Gasteiger partial charge on any atom is 0.213 e. The van der Waals surface area contributed by atoms with Crippen molar-refractivity contribution in [1.29, 1.82) is 0 Å². The molecule has 1 rings (SSSR count). The zero-order valence-corrected chi connectivity index (χ0v) is 6.58. The summed E-state index contributed by atoms with van der Waals surface area (Å²) in [5, 5.41) is 0. The summed E-state index contributed by atoms with van der Waals surface area (Å²) in [5.41, 5.74) is 6.22. The Morgan fingerprint density at radius 3 is 3.00 bits per heavy atom. The van der Waals surface area contributed by atoms with Gasteiger partial charge in [-0.1, -0.05) is 6.07 Å². The van der Waals surface area contributed by atoms with Crippen molar-refractivity contribution >= 4 is 0 Å². The number of aryl methyl sites for hydroxylation is 1. The molecule has 0 saturated carbocycles. The smallest absolute Gasteiger partial charge is 0.213 e. The minimum absolute atomic E-state index is 0.523. The number of nitrogens with zero attached hydrogens (tertiary/aromatic N) is 1. The zero-order valence-electron chi connectivity index (χ0n) is 6.58. The van der Waals surface area contributed by atoms with Gasteiger partial charge < -0.3 is 10.5 Å². The Morgan fingerprint density at radius 1 is 1.55 bits per heavy atom. The molecule has 3 nitrogen and oxygen atoms in total. The van der Waals surface area contributed by atoms with Crippen molar-refractivity contribution < 1.29 is 4.74 Å². The molecule has 0 aliphatic carbocycles. The Labute approximate surface area is 66.2 Å². The van der Waals surface area contributed by atoms with Gasteiger partial charge in [-0.2, -0.15) is 0 Å². The highest BCUT2D eigenvalue weighted by atomic mass is 16.5. The molecule has 1 aromatic heterocycles. The monoisotopic (exact) mass is 152 g/mol. The van der Waals surface area contributed by atoms with Crippen molar-refractivity contribution in [3.63, 3.8) is 0 Å². The molecular formula is C8H12N2O. The molecule has 0 aromatic carbocycles. The van der Waals surface area contributed by atoms with Gasteiger partial charge in [-0.05, 0) is 13.0 Å². The predicted octanol–water partition coefficient (Wildman–Crippen LogP) is 0.728. The maximum absolute atomic E-state index is 5.26. The molecule has 1 heterocycles. The van der Waals surface area contributed by atoms with E-state index >= 15 is 0 Å². The Kier molecular flexibility index (Phi) is 2.86. The highest BCUT2D eigenvalue weighted by molar-refractivity contribution is 5.14. The van der Waals surface area contributed by atoms with Crippen molar-refractivity contribution in [2.24, 2.45) is 5.73 Å². The van der Waals surface area contributed by atoms with E-state index < -0.39 is 0 Å². The fourth-order valence-corrected chi connectivity index (χ4v) is 0.762. The van der Waals surface area contributed by atoms with Crippen LogP contribution in [0.3, 0.4) is 0 Å². The fraction of sp³-hybridized carbons (Fsp3) is 0.375. The predicted molar refractivity (Wildman–Crippen MR) is 43.5 cm³/mol. The summed E-state index contributed by atoms with van der Waals surface area (Å²) < 4.78 is 5.20. The Morgan fingerprint density at radius 2 is 2.36 bits per heavy atom. The topological polar surface area (TPSA) is 48.1 Å². The quantitative estimate of drug-likeness (QED) is 0.694. The first kappa shape index (κ1) is 8.01. The van der Waals surface area contributed by atoms with Crippen LogP contribution in [-0.4, -0.2) is 18.1 Å². The number of hydrogen-bond acceptors (Lipinski definition) is 3. The molecular weight excluding hydrogens is 140 g/mol. The van der Waals surface area contributed by atoms with Crippen LogP contribution in [0.5, 0.6) is 5.88 Å². The fourth-order valence-electron chi connectivity index (χ4n) is 0.762. The van der Waals surface area contributed by atoms with E-state index in [9.17, 15) is 0 Å². The van der Waals surface area contributed by atoms with Gasteiger partial charge in [0.05, 0.1) is 0 Å². The summed E-state index contributed by atoms with van der Waals surface area (Å²) in [7, 11) is 0. The van der Waals surface area contributed by atoms with Gasteiger partial charge in [-0.3, -0.25) is 0 Å². The van der Waals surface area contributed by atoms with Crippen LogP contribution in [0.1, 0.15) is 5.69 Å². The van der Waals surface area contributed by atoms with Crippen LogP contribution in [0.15, 0.2) is 18.2 Å². The van der Waals surface area contributed by atoms with E-state index in [-0.39, 0.29) is 0 Å². The number of hydrogen-bond donors (Lipinski definition) is 1. The molecule has 11 heavy (non-hydrogen) atoms. The van der Waals surface area contributed by atoms with Gasteiger partial charge in [-0.15, -0.1) is 0 Å². The van der Waals surface area contributed by atoms with Crippen LogP contribution < -0.4 is 10.5 Å². The number of pyridine rings is 1. The third-order valence-corrected chi connectivity index (χ3v) is 1.23. The number of nitrogens with two attached hydrogens (primary N) is 1. The molecule has 0 fully saturated rings. The molecule has 0 bridgehead atoms. The van der Waals surface area contributed by atoms with Gasteiger partial charge in [-0.25, -0.2) is 4.98 Å².